The molecule has 4 nitrogen and oxygen atoms in total. The van der Waals surface area contributed by atoms with Crippen molar-refractivity contribution >= 4 is 11.9 Å². The fraction of sp³-hybridized carbons (Fsp3) is 0.833. The van der Waals surface area contributed by atoms with E-state index in [0.29, 0.717) is 12.3 Å². The number of carbonyl (C=O) groups is 2. The Labute approximate surface area is 98.0 Å². The molecule has 1 aliphatic rings. The van der Waals surface area contributed by atoms with E-state index >= 15 is 0 Å². The van der Waals surface area contributed by atoms with E-state index in [1.807, 2.05) is 18.7 Å². The Morgan fingerprint density at radius 3 is 2.12 bits per heavy atom. The van der Waals surface area contributed by atoms with Crippen molar-refractivity contribution < 1.29 is 14.3 Å². The third kappa shape index (κ3) is 5.14. The lowest BCUT2D eigenvalue weighted by Gasteiger charge is -2.30. The molecule has 0 bridgehead atoms. The van der Waals surface area contributed by atoms with Gasteiger partial charge in [-0.05, 0) is 18.8 Å². The van der Waals surface area contributed by atoms with Gasteiger partial charge in [0.15, 0.2) is 0 Å². The van der Waals surface area contributed by atoms with Crippen LogP contribution >= 0.6 is 0 Å². The second-order valence-corrected chi connectivity index (χ2v) is 3.73. The maximum atomic E-state index is 11.0. The van der Waals surface area contributed by atoms with Gasteiger partial charge < -0.3 is 9.64 Å². The van der Waals surface area contributed by atoms with Crippen molar-refractivity contribution in [3.63, 3.8) is 0 Å². The summed E-state index contributed by atoms with van der Waals surface area (Å²) < 4.78 is 4.61. The van der Waals surface area contributed by atoms with Crippen LogP contribution in [0.3, 0.4) is 0 Å². The minimum absolute atomic E-state index is 0.126. The average Bonchev–Trinajstić information content (AvgIpc) is 2.32. The minimum atomic E-state index is -0.147. The zero-order valence-electron chi connectivity index (χ0n) is 10.8. The van der Waals surface area contributed by atoms with Gasteiger partial charge in [-0.25, -0.2) is 0 Å². The first-order valence-corrected chi connectivity index (χ1v) is 5.95. The summed E-state index contributed by atoms with van der Waals surface area (Å²) in [6.07, 6.45) is 2.31. The second kappa shape index (κ2) is 8.13. The van der Waals surface area contributed by atoms with Gasteiger partial charge in [0.1, 0.15) is 0 Å². The SMILES string of the molecule is CC.COC(=O)CC1CCN(C(C)=O)CC1. The quantitative estimate of drug-likeness (QED) is 0.679. The number of likely N-dealkylation sites (tertiary alicyclic amines) is 1. The van der Waals surface area contributed by atoms with Crippen LogP contribution in [0.4, 0.5) is 0 Å². The summed E-state index contributed by atoms with van der Waals surface area (Å²) in [5.74, 6) is 0.367. The lowest BCUT2D eigenvalue weighted by atomic mass is 9.93. The Morgan fingerprint density at radius 2 is 1.75 bits per heavy atom. The van der Waals surface area contributed by atoms with E-state index in [0.717, 1.165) is 25.9 Å². The summed E-state index contributed by atoms with van der Waals surface area (Å²) in [5, 5.41) is 0. The molecule has 1 fully saturated rings. The number of rotatable bonds is 2. The van der Waals surface area contributed by atoms with Crippen molar-refractivity contribution in [2.75, 3.05) is 20.2 Å². The highest BCUT2D eigenvalue weighted by atomic mass is 16.5. The number of esters is 1. The fourth-order valence-electron chi connectivity index (χ4n) is 1.77. The highest BCUT2D eigenvalue weighted by Gasteiger charge is 2.22. The molecule has 0 aromatic carbocycles. The molecule has 0 atom stereocenters. The topological polar surface area (TPSA) is 46.6 Å². The Hall–Kier alpha value is -1.06. The first kappa shape index (κ1) is 14.9. The van der Waals surface area contributed by atoms with Crippen LogP contribution in [0.5, 0.6) is 0 Å². The molecule has 16 heavy (non-hydrogen) atoms. The molecule has 0 aromatic rings. The van der Waals surface area contributed by atoms with Gasteiger partial charge >= 0.3 is 5.97 Å². The van der Waals surface area contributed by atoms with Gasteiger partial charge in [-0.3, -0.25) is 9.59 Å². The molecule has 1 saturated heterocycles. The zero-order valence-corrected chi connectivity index (χ0v) is 10.8. The van der Waals surface area contributed by atoms with Crippen molar-refractivity contribution in [3.8, 4) is 0 Å². The number of amides is 1. The van der Waals surface area contributed by atoms with E-state index in [4.69, 9.17) is 0 Å². The molecule has 1 aliphatic heterocycles. The molecule has 1 amide bonds. The molecule has 0 unspecified atom stereocenters. The third-order valence-corrected chi connectivity index (χ3v) is 2.74. The number of carbonyl (C=O) groups excluding carboxylic acids is 2. The lowest BCUT2D eigenvalue weighted by Crippen LogP contribution is -2.37. The van der Waals surface area contributed by atoms with Crippen LogP contribution in [-0.2, 0) is 14.3 Å². The molecule has 0 radical (unpaired) electrons. The smallest absolute Gasteiger partial charge is 0.305 e. The minimum Gasteiger partial charge on any atom is -0.469 e. The lowest BCUT2D eigenvalue weighted by molar-refractivity contribution is -0.142. The van der Waals surface area contributed by atoms with Gasteiger partial charge in [-0.2, -0.15) is 0 Å². The van der Waals surface area contributed by atoms with Crippen molar-refractivity contribution in [3.05, 3.63) is 0 Å². The van der Waals surface area contributed by atoms with Crippen LogP contribution in [0.15, 0.2) is 0 Å². The van der Waals surface area contributed by atoms with E-state index in [2.05, 4.69) is 4.74 Å². The largest absolute Gasteiger partial charge is 0.469 e. The average molecular weight is 229 g/mol. The Kier molecular flexibility index (Phi) is 7.60. The molecule has 0 aromatic heterocycles. The summed E-state index contributed by atoms with van der Waals surface area (Å²) in [6, 6.07) is 0. The molecule has 1 rings (SSSR count). The number of ether oxygens (including phenoxy) is 1. The first-order chi connectivity index (χ1) is 7.63. The number of hydrogen-bond acceptors (Lipinski definition) is 3. The van der Waals surface area contributed by atoms with E-state index < -0.39 is 0 Å². The number of methoxy groups -OCH3 is 1. The van der Waals surface area contributed by atoms with E-state index in [1.165, 1.54) is 7.11 Å². The normalized spacial score (nSPS) is 16.1. The molecule has 0 saturated carbocycles. The molecule has 4 heteroatoms. The van der Waals surface area contributed by atoms with Crippen molar-refractivity contribution in [2.45, 2.75) is 40.0 Å². The van der Waals surface area contributed by atoms with Crippen LogP contribution in [0.1, 0.15) is 40.0 Å². The van der Waals surface area contributed by atoms with Gasteiger partial charge in [-0.15, -0.1) is 0 Å². The van der Waals surface area contributed by atoms with Gasteiger partial charge in [0.05, 0.1) is 7.11 Å². The van der Waals surface area contributed by atoms with Gasteiger partial charge in [0, 0.05) is 26.4 Å². The Balaban J connectivity index is 0.00000106. The Morgan fingerprint density at radius 1 is 1.25 bits per heavy atom. The van der Waals surface area contributed by atoms with E-state index in [1.54, 1.807) is 6.92 Å². The molecule has 94 valence electrons. The number of hydrogen-bond donors (Lipinski definition) is 0. The highest BCUT2D eigenvalue weighted by molar-refractivity contribution is 5.73. The summed E-state index contributed by atoms with van der Waals surface area (Å²) in [4.78, 5) is 23.8. The summed E-state index contributed by atoms with van der Waals surface area (Å²) >= 11 is 0. The molecular formula is C12H23NO3. The van der Waals surface area contributed by atoms with Gasteiger partial charge in [0.2, 0.25) is 5.91 Å². The Bertz CT molecular complexity index is 220. The molecule has 1 heterocycles. The summed E-state index contributed by atoms with van der Waals surface area (Å²) in [6.45, 7) is 7.13. The standard InChI is InChI=1S/C10H17NO3.C2H6/c1-8(12)11-5-3-9(4-6-11)7-10(13)14-2;1-2/h9H,3-7H2,1-2H3;1-2H3. The maximum absolute atomic E-state index is 11.0. The van der Waals surface area contributed by atoms with Crippen LogP contribution < -0.4 is 0 Å². The van der Waals surface area contributed by atoms with E-state index in [-0.39, 0.29) is 11.9 Å². The number of nitrogens with zero attached hydrogens (tertiary/aromatic N) is 1. The molecule has 0 aliphatic carbocycles. The first-order valence-electron chi connectivity index (χ1n) is 5.95. The summed E-state index contributed by atoms with van der Waals surface area (Å²) in [5.41, 5.74) is 0. The van der Waals surface area contributed by atoms with Crippen LogP contribution in [0.2, 0.25) is 0 Å². The predicted octanol–water partition coefficient (Wildman–Crippen LogP) is 1.83. The molecule has 0 N–H and O–H groups in total. The van der Waals surface area contributed by atoms with Crippen molar-refractivity contribution in [2.24, 2.45) is 5.92 Å². The van der Waals surface area contributed by atoms with Crippen molar-refractivity contribution in [1.29, 1.82) is 0 Å². The van der Waals surface area contributed by atoms with Crippen LogP contribution in [-0.4, -0.2) is 37.0 Å². The zero-order chi connectivity index (χ0) is 12.6. The van der Waals surface area contributed by atoms with Crippen LogP contribution in [0.25, 0.3) is 0 Å². The summed E-state index contributed by atoms with van der Waals surface area (Å²) in [7, 11) is 1.41. The fourth-order valence-corrected chi connectivity index (χ4v) is 1.77. The predicted molar refractivity (Wildman–Crippen MR) is 63.0 cm³/mol. The second-order valence-electron chi connectivity index (χ2n) is 3.73. The van der Waals surface area contributed by atoms with E-state index in [9.17, 15) is 9.59 Å². The van der Waals surface area contributed by atoms with Crippen molar-refractivity contribution in [1.82, 2.24) is 4.90 Å². The third-order valence-electron chi connectivity index (χ3n) is 2.74. The molecule has 0 spiro atoms. The van der Waals surface area contributed by atoms with Gasteiger partial charge in [0.25, 0.3) is 0 Å². The maximum Gasteiger partial charge on any atom is 0.305 e. The van der Waals surface area contributed by atoms with Gasteiger partial charge in [-0.1, -0.05) is 13.8 Å². The number of piperidine rings is 1. The monoisotopic (exact) mass is 229 g/mol. The van der Waals surface area contributed by atoms with Crippen LogP contribution in [0, 0.1) is 5.92 Å². The highest BCUT2D eigenvalue weighted by Crippen LogP contribution is 2.20. The molecular weight excluding hydrogens is 206 g/mol.